The molecule has 0 saturated carbocycles. The van der Waals surface area contributed by atoms with E-state index >= 15 is 0 Å². The van der Waals surface area contributed by atoms with E-state index in [4.69, 9.17) is 0 Å². The van der Waals surface area contributed by atoms with Gasteiger partial charge in [0.1, 0.15) is 11.6 Å². The molecule has 1 amide bonds. The number of sulfonamides is 1. The Hall–Kier alpha value is -1.97. The molecule has 4 rings (SSSR count). The topological polar surface area (TPSA) is 66.5 Å². The molecule has 2 aliphatic heterocycles. The van der Waals surface area contributed by atoms with Gasteiger partial charge in [-0.05, 0) is 55.2 Å². The number of nitrogens with one attached hydrogen (secondary N) is 1. The third-order valence-electron chi connectivity index (χ3n) is 5.62. The fourth-order valence-electron chi connectivity index (χ4n) is 3.94. The Bertz CT molecular complexity index is 1040. The minimum Gasteiger partial charge on any atom is -0.349 e. The molecule has 9 heteroatoms. The lowest BCUT2D eigenvalue weighted by Crippen LogP contribution is -2.44. The van der Waals surface area contributed by atoms with Gasteiger partial charge >= 0.3 is 0 Å². The maximum Gasteiger partial charge on any atom is 0.243 e. The highest BCUT2D eigenvalue weighted by Crippen LogP contribution is 2.38. The quantitative estimate of drug-likeness (QED) is 0.768. The summed E-state index contributed by atoms with van der Waals surface area (Å²) in [6.45, 7) is 0.451. The highest BCUT2D eigenvalue weighted by atomic mass is 32.2. The van der Waals surface area contributed by atoms with Gasteiger partial charge in [-0.3, -0.25) is 4.79 Å². The Morgan fingerprint density at radius 3 is 2.43 bits per heavy atom. The van der Waals surface area contributed by atoms with Crippen LogP contribution >= 0.6 is 11.8 Å². The fourth-order valence-corrected chi connectivity index (χ4v) is 6.55. The van der Waals surface area contributed by atoms with Gasteiger partial charge in [0, 0.05) is 29.7 Å². The van der Waals surface area contributed by atoms with Gasteiger partial charge in [-0.15, -0.1) is 11.8 Å². The lowest BCUT2D eigenvalue weighted by atomic mass is 9.95. The summed E-state index contributed by atoms with van der Waals surface area (Å²) < 4.78 is 53.9. The number of fused-ring (bicyclic) bond motifs is 1. The average molecular weight is 453 g/mol. The van der Waals surface area contributed by atoms with Crippen molar-refractivity contribution in [3.8, 4) is 0 Å². The number of piperidine rings is 1. The van der Waals surface area contributed by atoms with Crippen LogP contribution in [0.3, 0.4) is 0 Å². The second-order valence-corrected chi connectivity index (χ2v) is 10.5. The molecule has 2 heterocycles. The molecule has 1 fully saturated rings. The van der Waals surface area contributed by atoms with Gasteiger partial charge < -0.3 is 5.32 Å². The van der Waals surface area contributed by atoms with E-state index in [-0.39, 0.29) is 41.7 Å². The fraction of sp³-hybridized carbons (Fsp3) is 0.381. The first-order chi connectivity index (χ1) is 14.4. The van der Waals surface area contributed by atoms with Crippen molar-refractivity contribution in [2.24, 2.45) is 5.92 Å². The maximum absolute atomic E-state index is 14.0. The SMILES string of the molecule is O=C(N[C@@H]1CCSc2c(F)cccc21)C1CCN(S(=O)(=O)c2ccc(F)cc2)CC1. The van der Waals surface area contributed by atoms with Crippen LogP contribution in [-0.2, 0) is 14.8 Å². The molecule has 2 aliphatic rings. The normalized spacial score (nSPS) is 20.5. The number of halogens is 2. The van der Waals surface area contributed by atoms with Crippen molar-refractivity contribution < 1.29 is 22.0 Å². The molecule has 1 saturated heterocycles. The van der Waals surface area contributed by atoms with E-state index in [2.05, 4.69) is 5.32 Å². The van der Waals surface area contributed by atoms with Gasteiger partial charge in [0.2, 0.25) is 15.9 Å². The predicted octanol–water partition coefficient (Wildman–Crippen LogP) is 3.72. The van der Waals surface area contributed by atoms with Crippen LogP contribution in [0, 0.1) is 17.6 Å². The Kier molecular flexibility index (Phi) is 6.13. The second-order valence-electron chi connectivity index (χ2n) is 7.49. The summed E-state index contributed by atoms with van der Waals surface area (Å²) in [7, 11) is -3.71. The largest absolute Gasteiger partial charge is 0.349 e. The summed E-state index contributed by atoms with van der Waals surface area (Å²) in [6, 6.07) is 9.43. The molecule has 1 N–H and O–H groups in total. The van der Waals surface area contributed by atoms with Crippen molar-refractivity contribution in [2.45, 2.75) is 35.1 Å². The summed E-state index contributed by atoms with van der Waals surface area (Å²) in [5.41, 5.74) is 0.802. The summed E-state index contributed by atoms with van der Waals surface area (Å²) in [5, 5.41) is 3.03. The number of amides is 1. The van der Waals surface area contributed by atoms with E-state index in [1.807, 2.05) is 6.07 Å². The molecule has 0 aromatic heterocycles. The summed E-state index contributed by atoms with van der Waals surface area (Å²) in [4.78, 5) is 13.4. The Morgan fingerprint density at radius 2 is 1.73 bits per heavy atom. The highest BCUT2D eigenvalue weighted by Gasteiger charge is 2.33. The van der Waals surface area contributed by atoms with Crippen LogP contribution in [0.2, 0.25) is 0 Å². The molecular formula is C21H22F2N2O3S2. The van der Waals surface area contributed by atoms with Gasteiger partial charge in [0.05, 0.1) is 10.9 Å². The Morgan fingerprint density at radius 1 is 1.03 bits per heavy atom. The van der Waals surface area contributed by atoms with E-state index in [0.29, 0.717) is 17.7 Å². The van der Waals surface area contributed by atoms with Crippen molar-refractivity contribution in [3.63, 3.8) is 0 Å². The Labute approximate surface area is 178 Å². The first-order valence-corrected chi connectivity index (χ1v) is 12.3. The van der Waals surface area contributed by atoms with Crippen LogP contribution in [0.4, 0.5) is 8.78 Å². The van der Waals surface area contributed by atoms with E-state index in [9.17, 15) is 22.0 Å². The number of carbonyl (C=O) groups excluding carboxylic acids is 1. The average Bonchev–Trinajstić information content (AvgIpc) is 2.75. The molecule has 0 aliphatic carbocycles. The number of hydrogen-bond donors (Lipinski definition) is 1. The molecule has 0 radical (unpaired) electrons. The van der Waals surface area contributed by atoms with E-state index in [1.54, 1.807) is 6.07 Å². The predicted molar refractivity (Wildman–Crippen MR) is 111 cm³/mol. The van der Waals surface area contributed by atoms with Crippen LogP contribution in [-0.4, -0.2) is 37.5 Å². The Balaban J connectivity index is 1.39. The van der Waals surface area contributed by atoms with Crippen molar-refractivity contribution in [3.05, 3.63) is 59.7 Å². The number of carbonyl (C=O) groups is 1. The zero-order chi connectivity index (χ0) is 21.3. The van der Waals surface area contributed by atoms with Gasteiger partial charge in [0.25, 0.3) is 0 Å². The molecule has 1 atom stereocenters. The van der Waals surface area contributed by atoms with Crippen LogP contribution < -0.4 is 5.32 Å². The number of hydrogen-bond acceptors (Lipinski definition) is 4. The number of thioether (sulfide) groups is 1. The lowest BCUT2D eigenvalue weighted by Gasteiger charge is -2.32. The number of rotatable bonds is 4. The minimum atomic E-state index is -3.71. The smallest absolute Gasteiger partial charge is 0.243 e. The standard InChI is InChI=1S/C21H22F2N2O3S2/c22-15-4-6-16(7-5-15)30(27,28)25-11-8-14(9-12-25)21(26)24-19-10-13-29-20-17(19)2-1-3-18(20)23/h1-7,14,19H,8-13H2,(H,24,26)/t19-/m1/s1. The molecule has 30 heavy (non-hydrogen) atoms. The minimum absolute atomic E-state index is 0.0464. The molecule has 0 spiro atoms. The third-order valence-corrected chi connectivity index (χ3v) is 8.69. The van der Waals surface area contributed by atoms with Crippen LogP contribution in [0.5, 0.6) is 0 Å². The highest BCUT2D eigenvalue weighted by molar-refractivity contribution is 7.99. The third kappa shape index (κ3) is 4.24. The van der Waals surface area contributed by atoms with Crippen LogP contribution in [0.1, 0.15) is 30.9 Å². The van der Waals surface area contributed by atoms with E-state index < -0.39 is 15.8 Å². The van der Waals surface area contributed by atoms with E-state index in [1.165, 1.54) is 34.3 Å². The molecule has 2 aromatic rings. The summed E-state index contributed by atoms with van der Waals surface area (Å²) in [5.74, 6) is -0.451. The molecule has 0 bridgehead atoms. The van der Waals surface area contributed by atoms with Crippen molar-refractivity contribution in [1.82, 2.24) is 9.62 Å². The number of benzene rings is 2. The molecule has 160 valence electrons. The zero-order valence-corrected chi connectivity index (χ0v) is 17.8. The summed E-state index contributed by atoms with van der Waals surface area (Å²) >= 11 is 1.46. The van der Waals surface area contributed by atoms with Crippen LogP contribution in [0.15, 0.2) is 52.3 Å². The maximum atomic E-state index is 14.0. The molecule has 2 aromatic carbocycles. The van der Waals surface area contributed by atoms with Gasteiger partial charge in [0.15, 0.2) is 0 Å². The van der Waals surface area contributed by atoms with Crippen molar-refractivity contribution >= 4 is 27.7 Å². The van der Waals surface area contributed by atoms with Crippen LogP contribution in [0.25, 0.3) is 0 Å². The lowest BCUT2D eigenvalue weighted by molar-refractivity contribution is -0.127. The van der Waals surface area contributed by atoms with Gasteiger partial charge in [-0.25, -0.2) is 17.2 Å². The monoisotopic (exact) mass is 452 g/mol. The van der Waals surface area contributed by atoms with Gasteiger partial charge in [-0.2, -0.15) is 4.31 Å². The first kappa shape index (κ1) is 21.3. The molecular weight excluding hydrogens is 430 g/mol. The molecule has 5 nitrogen and oxygen atoms in total. The second kappa shape index (κ2) is 8.64. The first-order valence-electron chi connectivity index (χ1n) is 9.83. The van der Waals surface area contributed by atoms with E-state index in [0.717, 1.165) is 29.9 Å². The van der Waals surface area contributed by atoms with Crippen molar-refractivity contribution in [2.75, 3.05) is 18.8 Å². The van der Waals surface area contributed by atoms with Crippen molar-refractivity contribution in [1.29, 1.82) is 0 Å². The summed E-state index contributed by atoms with van der Waals surface area (Å²) in [6.07, 6.45) is 1.54. The zero-order valence-electron chi connectivity index (χ0n) is 16.2. The molecule has 0 unspecified atom stereocenters. The van der Waals surface area contributed by atoms with Gasteiger partial charge in [-0.1, -0.05) is 12.1 Å². The number of nitrogens with zero attached hydrogens (tertiary/aromatic N) is 1.